The lowest BCUT2D eigenvalue weighted by molar-refractivity contribution is -0.170. The summed E-state index contributed by atoms with van der Waals surface area (Å²) < 4.78 is 11.1. The summed E-state index contributed by atoms with van der Waals surface area (Å²) in [5.74, 6) is -3.52. The molecule has 0 unspecified atom stereocenters. The Morgan fingerprint density at radius 3 is 2.10 bits per heavy atom. The van der Waals surface area contributed by atoms with Crippen molar-refractivity contribution in [3.8, 4) is 11.5 Å². The number of hydrogen-bond donors (Lipinski definition) is 5. The zero-order valence-electron chi connectivity index (χ0n) is 24.1. The van der Waals surface area contributed by atoms with E-state index < -0.39 is 36.4 Å². The largest absolute Gasteiger partial charge is 0.481 e. The maximum Gasteiger partial charge on any atom is 0.336 e. The number of carboxylic acids is 3. The third-order valence-corrected chi connectivity index (χ3v) is 7.35. The van der Waals surface area contributed by atoms with Gasteiger partial charge in [-0.25, -0.2) is 4.79 Å². The standard InChI is InChI=1S/C23H30ClN3O2.C6H8O7/c1-22(2)10-18(11-23(3,4)26-22)27(13-16-6-5-7-25-12-16)14-17-8-20-21(9-19(17)24)29-15-28-20;7-3(8)1-6(13,5(11)12)2-4(9)10/h5-9,12,18,26H,10-11,13-15H2,1-4H3;13H,1-2H2,(H,7,8)(H,9,10)(H,11,12). The van der Waals surface area contributed by atoms with Gasteiger partial charge in [0.25, 0.3) is 0 Å². The lowest BCUT2D eigenvalue weighted by atomic mass is 9.79. The molecule has 1 aromatic carbocycles. The van der Waals surface area contributed by atoms with Crippen LogP contribution in [0, 0.1) is 0 Å². The average Bonchev–Trinajstić information content (AvgIpc) is 3.29. The molecule has 1 aromatic heterocycles. The van der Waals surface area contributed by atoms with E-state index in [1.54, 1.807) is 0 Å². The summed E-state index contributed by atoms with van der Waals surface area (Å²) in [5.41, 5.74) is -0.332. The summed E-state index contributed by atoms with van der Waals surface area (Å²) in [5, 5.41) is 38.3. The van der Waals surface area contributed by atoms with E-state index >= 15 is 0 Å². The molecule has 0 amide bonds. The van der Waals surface area contributed by atoms with E-state index in [-0.39, 0.29) is 17.9 Å². The van der Waals surface area contributed by atoms with E-state index in [0.717, 1.165) is 48.0 Å². The summed E-state index contributed by atoms with van der Waals surface area (Å²) in [6.07, 6.45) is 3.62. The number of ether oxygens (including phenoxy) is 2. The number of piperidine rings is 1. The molecule has 0 aliphatic carbocycles. The molecule has 0 spiro atoms. The maximum atomic E-state index is 10.3. The predicted octanol–water partition coefficient (Wildman–Crippen LogP) is 3.53. The molecule has 3 heterocycles. The zero-order valence-corrected chi connectivity index (χ0v) is 24.8. The fourth-order valence-electron chi connectivity index (χ4n) is 5.58. The quantitative estimate of drug-likeness (QED) is 0.266. The first kappa shape index (κ1) is 33.1. The van der Waals surface area contributed by atoms with Crippen LogP contribution in [0.3, 0.4) is 0 Å². The number of benzene rings is 1. The highest BCUT2D eigenvalue weighted by Gasteiger charge is 2.41. The van der Waals surface area contributed by atoms with Crippen molar-refractivity contribution >= 4 is 29.5 Å². The summed E-state index contributed by atoms with van der Waals surface area (Å²) >= 11 is 6.62. The Kier molecular flexibility index (Phi) is 10.4. The van der Waals surface area contributed by atoms with Crippen LogP contribution in [0.5, 0.6) is 11.5 Å². The van der Waals surface area contributed by atoms with Gasteiger partial charge in [0, 0.05) is 53.7 Å². The van der Waals surface area contributed by atoms with Crippen molar-refractivity contribution < 1.29 is 44.3 Å². The number of pyridine rings is 1. The van der Waals surface area contributed by atoms with Gasteiger partial charge in [-0.05, 0) is 63.8 Å². The lowest BCUT2D eigenvalue weighted by Gasteiger charge is -2.49. The van der Waals surface area contributed by atoms with Gasteiger partial charge >= 0.3 is 17.9 Å². The van der Waals surface area contributed by atoms with Crippen LogP contribution in [0.15, 0.2) is 36.7 Å². The first-order valence-corrected chi connectivity index (χ1v) is 13.8. The fourth-order valence-corrected chi connectivity index (χ4v) is 5.79. The predicted molar refractivity (Wildman–Crippen MR) is 152 cm³/mol. The molecular formula is C29H38ClN3O9. The van der Waals surface area contributed by atoms with Crippen LogP contribution in [0.2, 0.25) is 5.02 Å². The van der Waals surface area contributed by atoms with Crippen LogP contribution < -0.4 is 14.8 Å². The maximum absolute atomic E-state index is 10.3. The second-order valence-electron chi connectivity index (χ2n) is 12.0. The smallest absolute Gasteiger partial charge is 0.336 e. The number of fused-ring (bicyclic) bond motifs is 1. The van der Waals surface area contributed by atoms with Gasteiger partial charge in [-0.15, -0.1) is 0 Å². The first-order chi connectivity index (χ1) is 19.5. The Morgan fingerprint density at radius 1 is 1.02 bits per heavy atom. The van der Waals surface area contributed by atoms with Gasteiger partial charge in [-0.3, -0.25) is 19.5 Å². The first-order valence-electron chi connectivity index (χ1n) is 13.4. The number of aliphatic carboxylic acids is 3. The highest BCUT2D eigenvalue weighted by atomic mass is 35.5. The van der Waals surface area contributed by atoms with Crippen LogP contribution in [0.25, 0.3) is 0 Å². The normalized spacial score (nSPS) is 17.3. The number of aromatic nitrogens is 1. The molecule has 13 heteroatoms. The molecule has 1 fully saturated rings. The summed E-state index contributed by atoms with van der Waals surface area (Å²) in [7, 11) is 0. The van der Waals surface area contributed by atoms with Gasteiger partial charge in [0.05, 0.1) is 12.8 Å². The minimum atomic E-state index is -2.74. The van der Waals surface area contributed by atoms with Crippen molar-refractivity contribution in [3.63, 3.8) is 0 Å². The van der Waals surface area contributed by atoms with Gasteiger partial charge in [-0.1, -0.05) is 17.7 Å². The van der Waals surface area contributed by atoms with Crippen LogP contribution >= 0.6 is 11.6 Å². The van der Waals surface area contributed by atoms with Crippen molar-refractivity contribution in [1.29, 1.82) is 0 Å². The summed E-state index contributed by atoms with van der Waals surface area (Å²) in [4.78, 5) is 37.3. The second-order valence-corrected chi connectivity index (χ2v) is 12.4. The van der Waals surface area contributed by atoms with E-state index in [2.05, 4.69) is 49.0 Å². The Morgan fingerprint density at radius 2 is 1.60 bits per heavy atom. The molecular weight excluding hydrogens is 570 g/mol. The second kappa shape index (κ2) is 13.2. The Balaban J connectivity index is 0.000000316. The van der Waals surface area contributed by atoms with Crippen LogP contribution in [0.4, 0.5) is 0 Å². The molecule has 5 N–H and O–H groups in total. The Labute approximate surface area is 249 Å². The monoisotopic (exact) mass is 607 g/mol. The van der Waals surface area contributed by atoms with Gasteiger partial charge in [0.15, 0.2) is 17.1 Å². The van der Waals surface area contributed by atoms with Crippen LogP contribution in [0.1, 0.15) is 64.5 Å². The summed E-state index contributed by atoms with van der Waals surface area (Å²) in [6.45, 7) is 11.0. The minimum Gasteiger partial charge on any atom is -0.481 e. The van der Waals surface area contributed by atoms with Crippen LogP contribution in [-0.4, -0.2) is 77.7 Å². The molecule has 2 aliphatic rings. The molecule has 0 atom stereocenters. The Bertz CT molecular complexity index is 1250. The number of aliphatic hydroxyl groups is 1. The van der Waals surface area contributed by atoms with Crippen molar-refractivity contribution in [2.45, 2.75) is 89.2 Å². The molecule has 42 heavy (non-hydrogen) atoms. The Hall–Kier alpha value is -3.45. The molecule has 1 saturated heterocycles. The summed E-state index contributed by atoms with van der Waals surface area (Å²) in [6, 6.07) is 8.45. The van der Waals surface area contributed by atoms with E-state index in [0.29, 0.717) is 6.04 Å². The zero-order chi connectivity index (χ0) is 31.3. The third-order valence-electron chi connectivity index (χ3n) is 6.99. The number of hydrogen-bond acceptors (Lipinski definition) is 9. The van der Waals surface area contributed by atoms with E-state index in [9.17, 15) is 14.4 Å². The highest BCUT2D eigenvalue weighted by molar-refractivity contribution is 6.31. The topological polar surface area (TPSA) is 179 Å². The number of carbonyl (C=O) groups is 3. The number of rotatable bonds is 10. The SMILES string of the molecule is CC1(C)CC(N(Cc2cccnc2)Cc2cc3c(cc2Cl)OCO3)CC(C)(C)N1.O=C(O)CC(O)(CC(=O)O)C(=O)O. The molecule has 230 valence electrons. The molecule has 0 bridgehead atoms. The fraction of sp³-hybridized carbons (Fsp3) is 0.517. The van der Waals surface area contributed by atoms with E-state index in [1.165, 1.54) is 5.56 Å². The van der Waals surface area contributed by atoms with Gasteiger partial charge in [-0.2, -0.15) is 0 Å². The van der Waals surface area contributed by atoms with Gasteiger partial charge < -0.3 is 35.2 Å². The molecule has 0 saturated carbocycles. The van der Waals surface area contributed by atoms with Crippen LogP contribution in [-0.2, 0) is 27.5 Å². The van der Waals surface area contributed by atoms with Gasteiger partial charge in [0.2, 0.25) is 6.79 Å². The van der Waals surface area contributed by atoms with Crippen molar-refractivity contribution in [2.75, 3.05) is 6.79 Å². The molecule has 4 rings (SSSR count). The average molecular weight is 608 g/mol. The molecule has 2 aromatic rings. The number of nitrogens with one attached hydrogen (secondary N) is 1. The highest BCUT2D eigenvalue weighted by Crippen LogP contribution is 2.39. The molecule has 2 aliphatic heterocycles. The van der Waals surface area contributed by atoms with Crippen molar-refractivity contribution in [1.82, 2.24) is 15.2 Å². The molecule has 12 nitrogen and oxygen atoms in total. The van der Waals surface area contributed by atoms with Gasteiger partial charge in [0.1, 0.15) is 0 Å². The number of nitrogens with zero attached hydrogens (tertiary/aromatic N) is 2. The van der Waals surface area contributed by atoms with E-state index in [1.807, 2.05) is 30.6 Å². The van der Waals surface area contributed by atoms with E-state index in [4.69, 9.17) is 41.5 Å². The van der Waals surface area contributed by atoms with Crippen molar-refractivity contribution in [2.24, 2.45) is 0 Å². The lowest BCUT2D eigenvalue weighted by Crippen LogP contribution is -2.62. The number of carboxylic acid groups (broad SMARTS) is 3. The minimum absolute atomic E-state index is 0.0677. The molecule has 0 radical (unpaired) electrons. The number of halogens is 1. The van der Waals surface area contributed by atoms with Crippen molar-refractivity contribution in [3.05, 3.63) is 52.8 Å². The third kappa shape index (κ3) is 9.28.